The zero-order valence-corrected chi connectivity index (χ0v) is 9.28. The average Bonchev–Trinajstić information content (AvgIpc) is 2.28. The van der Waals surface area contributed by atoms with Crippen molar-refractivity contribution in [3.63, 3.8) is 0 Å². The molecule has 1 atom stereocenters. The van der Waals surface area contributed by atoms with Gasteiger partial charge in [-0.2, -0.15) is 0 Å². The van der Waals surface area contributed by atoms with Crippen molar-refractivity contribution in [2.45, 2.75) is 13.0 Å². The minimum absolute atomic E-state index is 0.162. The molecule has 0 heterocycles. The highest BCUT2D eigenvalue weighted by molar-refractivity contribution is 5.96. The number of anilines is 1. The summed E-state index contributed by atoms with van der Waals surface area (Å²) in [5.74, 6) is -0.419. The molecule has 5 nitrogen and oxygen atoms in total. The Labute approximate surface area is 94.0 Å². The van der Waals surface area contributed by atoms with Crippen LogP contribution < -0.4 is 16.4 Å². The Morgan fingerprint density at radius 1 is 1.25 bits per heavy atom. The van der Waals surface area contributed by atoms with Crippen LogP contribution in [0.25, 0.3) is 0 Å². The van der Waals surface area contributed by atoms with Gasteiger partial charge in [0.05, 0.1) is 6.04 Å². The van der Waals surface area contributed by atoms with Gasteiger partial charge in [-0.05, 0) is 31.2 Å². The maximum absolute atomic E-state index is 11.3. The summed E-state index contributed by atoms with van der Waals surface area (Å²) >= 11 is 0. The van der Waals surface area contributed by atoms with Crippen molar-refractivity contribution >= 4 is 17.5 Å². The number of nitrogens with two attached hydrogens (primary N) is 1. The second-order valence-corrected chi connectivity index (χ2v) is 3.43. The molecule has 0 fully saturated rings. The Bertz CT molecular complexity index is 385. The van der Waals surface area contributed by atoms with E-state index in [0.29, 0.717) is 11.3 Å². The summed E-state index contributed by atoms with van der Waals surface area (Å²) in [6.07, 6.45) is 0. The molecular formula is C11H15N3O2. The Hall–Kier alpha value is -1.88. The van der Waals surface area contributed by atoms with Gasteiger partial charge in [-0.15, -0.1) is 0 Å². The first kappa shape index (κ1) is 12.2. The highest BCUT2D eigenvalue weighted by Gasteiger charge is 2.08. The van der Waals surface area contributed by atoms with Gasteiger partial charge in [0.15, 0.2) is 0 Å². The van der Waals surface area contributed by atoms with Crippen LogP contribution in [0.2, 0.25) is 0 Å². The molecule has 1 rings (SSSR count). The van der Waals surface area contributed by atoms with Gasteiger partial charge in [0.1, 0.15) is 0 Å². The lowest BCUT2D eigenvalue weighted by molar-refractivity contribution is -0.117. The van der Waals surface area contributed by atoms with Gasteiger partial charge < -0.3 is 16.4 Å². The van der Waals surface area contributed by atoms with Gasteiger partial charge in [-0.1, -0.05) is 0 Å². The third-order valence-corrected chi connectivity index (χ3v) is 2.06. The van der Waals surface area contributed by atoms with Gasteiger partial charge in [0, 0.05) is 18.3 Å². The van der Waals surface area contributed by atoms with Crippen molar-refractivity contribution in [1.29, 1.82) is 0 Å². The van der Waals surface area contributed by atoms with Crippen LogP contribution in [0.15, 0.2) is 24.3 Å². The fourth-order valence-electron chi connectivity index (χ4n) is 1.11. The minimum atomic E-state index is -0.557. The number of benzene rings is 1. The monoisotopic (exact) mass is 221 g/mol. The van der Waals surface area contributed by atoms with E-state index < -0.39 is 6.04 Å². The van der Waals surface area contributed by atoms with Crippen molar-refractivity contribution in [2.24, 2.45) is 5.73 Å². The number of rotatable bonds is 3. The first-order valence-corrected chi connectivity index (χ1v) is 4.93. The van der Waals surface area contributed by atoms with Crippen LogP contribution in [-0.4, -0.2) is 24.9 Å². The summed E-state index contributed by atoms with van der Waals surface area (Å²) in [5.41, 5.74) is 6.57. The molecule has 0 saturated carbocycles. The van der Waals surface area contributed by atoms with E-state index >= 15 is 0 Å². The van der Waals surface area contributed by atoms with Crippen molar-refractivity contribution in [3.05, 3.63) is 29.8 Å². The van der Waals surface area contributed by atoms with E-state index in [1.54, 1.807) is 38.2 Å². The van der Waals surface area contributed by atoms with E-state index in [-0.39, 0.29) is 11.8 Å². The number of hydrogen-bond donors (Lipinski definition) is 3. The lowest BCUT2D eigenvalue weighted by Crippen LogP contribution is -2.32. The van der Waals surface area contributed by atoms with Crippen LogP contribution in [0.4, 0.5) is 5.69 Å². The van der Waals surface area contributed by atoms with E-state index in [4.69, 9.17) is 5.73 Å². The molecule has 0 saturated heterocycles. The van der Waals surface area contributed by atoms with Crippen LogP contribution in [0.1, 0.15) is 17.3 Å². The molecule has 0 unspecified atom stereocenters. The molecule has 2 amide bonds. The molecule has 1 aromatic carbocycles. The van der Waals surface area contributed by atoms with Gasteiger partial charge in [0.25, 0.3) is 5.91 Å². The first-order valence-electron chi connectivity index (χ1n) is 4.93. The predicted molar refractivity (Wildman–Crippen MR) is 62.1 cm³/mol. The highest BCUT2D eigenvalue weighted by atomic mass is 16.2. The summed E-state index contributed by atoms with van der Waals surface area (Å²) in [6.45, 7) is 1.61. The van der Waals surface area contributed by atoms with Gasteiger partial charge in [-0.3, -0.25) is 9.59 Å². The SMILES string of the molecule is CNC(=O)c1ccc(NC(=O)[C@@H](C)N)cc1. The van der Waals surface area contributed by atoms with Gasteiger partial charge in [-0.25, -0.2) is 0 Å². The molecule has 4 N–H and O–H groups in total. The van der Waals surface area contributed by atoms with E-state index in [1.165, 1.54) is 0 Å². The van der Waals surface area contributed by atoms with Crippen LogP contribution in [0.5, 0.6) is 0 Å². The predicted octanol–water partition coefficient (Wildman–Crippen LogP) is 0.332. The van der Waals surface area contributed by atoms with E-state index in [0.717, 1.165) is 0 Å². The van der Waals surface area contributed by atoms with E-state index in [9.17, 15) is 9.59 Å². The van der Waals surface area contributed by atoms with Gasteiger partial charge in [0.2, 0.25) is 5.91 Å². The first-order chi connectivity index (χ1) is 7.54. The molecule has 0 bridgehead atoms. The molecule has 16 heavy (non-hydrogen) atoms. The summed E-state index contributed by atoms with van der Waals surface area (Å²) in [6, 6.07) is 6.03. The average molecular weight is 221 g/mol. The van der Waals surface area contributed by atoms with E-state index in [1.807, 2.05) is 0 Å². The van der Waals surface area contributed by atoms with E-state index in [2.05, 4.69) is 10.6 Å². The Morgan fingerprint density at radius 3 is 2.25 bits per heavy atom. The van der Waals surface area contributed by atoms with Crippen molar-refractivity contribution in [3.8, 4) is 0 Å². The highest BCUT2D eigenvalue weighted by Crippen LogP contribution is 2.09. The molecule has 0 radical (unpaired) electrons. The fourth-order valence-corrected chi connectivity index (χ4v) is 1.11. The van der Waals surface area contributed by atoms with Gasteiger partial charge >= 0.3 is 0 Å². The molecule has 1 aromatic rings. The quantitative estimate of drug-likeness (QED) is 0.687. The zero-order valence-electron chi connectivity index (χ0n) is 9.28. The summed E-state index contributed by atoms with van der Waals surface area (Å²) in [4.78, 5) is 22.5. The van der Waals surface area contributed by atoms with Crippen molar-refractivity contribution < 1.29 is 9.59 Å². The number of hydrogen-bond acceptors (Lipinski definition) is 3. The topological polar surface area (TPSA) is 84.2 Å². The number of carbonyl (C=O) groups excluding carboxylic acids is 2. The number of nitrogens with one attached hydrogen (secondary N) is 2. The number of amides is 2. The molecule has 0 aliphatic rings. The van der Waals surface area contributed by atoms with Crippen LogP contribution >= 0.6 is 0 Å². The number of carbonyl (C=O) groups is 2. The fraction of sp³-hybridized carbons (Fsp3) is 0.273. The lowest BCUT2D eigenvalue weighted by Gasteiger charge is -2.08. The molecular weight excluding hydrogens is 206 g/mol. The molecule has 5 heteroatoms. The summed E-state index contributed by atoms with van der Waals surface area (Å²) in [7, 11) is 1.56. The Balaban J connectivity index is 2.72. The third-order valence-electron chi connectivity index (χ3n) is 2.06. The molecule has 86 valence electrons. The smallest absolute Gasteiger partial charge is 0.251 e. The van der Waals surface area contributed by atoms with Crippen LogP contribution in [-0.2, 0) is 4.79 Å². The second kappa shape index (κ2) is 5.27. The maximum atomic E-state index is 11.3. The van der Waals surface area contributed by atoms with Crippen LogP contribution in [0, 0.1) is 0 Å². The maximum Gasteiger partial charge on any atom is 0.251 e. The largest absolute Gasteiger partial charge is 0.355 e. The minimum Gasteiger partial charge on any atom is -0.355 e. The van der Waals surface area contributed by atoms with Crippen molar-refractivity contribution in [2.75, 3.05) is 12.4 Å². The normalized spacial score (nSPS) is 11.7. The molecule has 0 aliphatic heterocycles. The summed E-state index contributed by atoms with van der Waals surface area (Å²) in [5, 5.41) is 5.14. The third kappa shape index (κ3) is 3.06. The van der Waals surface area contributed by atoms with Crippen molar-refractivity contribution in [1.82, 2.24) is 5.32 Å². The molecule has 0 aromatic heterocycles. The Morgan fingerprint density at radius 2 is 1.81 bits per heavy atom. The molecule has 0 aliphatic carbocycles. The molecule has 0 spiro atoms. The lowest BCUT2D eigenvalue weighted by atomic mass is 10.2. The summed E-state index contributed by atoms with van der Waals surface area (Å²) < 4.78 is 0. The van der Waals surface area contributed by atoms with Crippen LogP contribution in [0.3, 0.4) is 0 Å². The standard InChI is InChI=1S/C11H15N3O2/c1-7(12)10(15)14-9-5-3-8(4-6-9)11(16)13-2/h3-7H,12H2,1-2H3,(H,13,16)(H,14,15)/t7-/m1/s1. The Kier molecular flexibility index (Phi) is 4.02. The zero-order chi connectivity index (χ0) is 12.1. The second-order valence-electron chi connectivity index (χ2n) is 3.43.